The van der Waals surface area contributed by atoms with Gasteiger partial charge in [0.25, 0.3) is 0 Å². The van der Waals surface area contributed by atoms with E-state index in [1.165, 1.54) is 6.92 Å². The molecule has 1 aliphatic heterocycles. The lowest BCUT2D eigenvalue weighted by Gasteiger charge is -2.16. The molecule has 0 bridgehead atoms. The van der Waals surface area contributed by atoms with Gasteiger partial charge in [-0.1, -0.05) is 11.3 Å². The van der Waals surface area contributed by atoms with Gasteiger partial charge < -0.3 is 9.47 Å². The number of ketones is 1. The molecule has 1 aromatic carbocycles. The van der Waals surface area contributed by atoms with Crippen molar-refractivity contribution < 1.29 is 14.3 Å². The van der Waals surface area contributed by atoms with Gasteiger partial charge in [0.2, 0.25) is 5.79 Å². The van der Waals surface area contributed by atoms with Crippen LogP contribution in [-0.4, -0.2) is 26.6 Å². The van der Waals surface area contributed by atoms with Crippen LogP contribution in [0.3, 0.4) is 0 Å². The van der Waals surface area contributed by atoms with Crippen LogP contribution in [0.5, 0.6) is 11.5 Å². The van der Waals surface area contributed by atoms with Crippen LogP contribution in [0.1, 0.15) is 36.8 Å². The fourth-order valence-corrected chi connectivity index (χ4v) is 2.24. The van der Waals surface area contributed by atoms with E-state index in [9.17, 15) is 4.79 Å². The Morgan fingerprint density at radius 2 is 2.05 bits per heavy atom. The molecule has 2 aromatic rings. The molecule has 0 unspecified atom stereocenters. The number of aromatic nitrogens is 3. The molecule has 0 N–H and O–H groups in total. The molecule has 110 valence electrons. The van der Waals surface area contributed by atoms with Gasteiger partial charge in [0.15, 0.2) is 17.3 Å². The summed E-state index contributed by atoms with van der Waals surface area (Å²) in [6, 6.07) is 5.90. The van der Waals surface area contributed by atoms with E-state index >= 15 is 0 Å². The van der Waals surface area contributed by atoms with E-state index in [1.54, 1.807) is 10.9 Å². The van der Waals surface area contributed by atoms with E-state index in [-0.39, 0.29) is 5.78 Å². The zero-order chi connectivity index (χ0) is 15.0. The Balaban J connectivity index is 1.68. The van der Waals surface area contributed by atoms with Crippen LogP contribution in [0.2, 0.25) is 0 Å². The van der Waals surface area contributed by atoms with Gasteiger partial charge in [-0.3, -0.25) is 9.48 Å². The Morgan fingerprint density at radius 1 is 1.29 bits per heavy atom. The summed E-state index contributed by atoms with van der Waals surface area (Å²) < 4.78 is 13.0. The second kappa shape index (κ2) is 4.87. The molecular weight excluding hydrogens is 270 g/mol. The largest absolute Gasteiger partial charge is 0.449 e. The predicted molar refractivity (Wildman–Crippen MR) is 75.5 cm³/mol. The highest BCUT2D eigenvalue weighted by atomic mass is 16.7. The van der Waals surface area contributed by atoms with Gasteiger partial charge in [0.05, 0.1) is 6.20 Å². The first-order valence-electron chi connectivity index (χ1n) is 6.85. The molecule has 0 atom stereocenters. The summed E-state index contributed by atoms with van der Waals surface area (Å²) in [6.07, 6.45) is 2.44. The van der Waals surface area contributed by atoms with E-state index in [2.05, 4.69) is 10.3 Å². The smallest absolute Gasteiger partial charge is 0.246 e. The summed E-state index contributed by atoms with van der Waals surface area (Å²) in [5.41, 5.74) is 1.51. The Hall–Kier alpha value is -2.37. The summed E-state index contributed by atoms with van der Waals surface area (Å²) in [5.74, 6) is 0.846. The van der Waals surface area contributed by atoms with Crippen LogP contribution < -0.4 is 9.47 Å². The minimum atomic E-state index is -0.608. The first-order chi connectivity index (χ1) is 9.93. The molecule has 6 heteroatoms. The number of ether oxygens (including phenoxy) is 2. The van der Waals surface area contributed by atoms with E-state index in [4.69, 9.17) is 9.47 Å². The molecule has 1 aromatic heterocycles. The quantitative estimate of drug-likeness (QED) is 0.807. The number of rotatable bonds is 4. The van der Waals surface area contributed by atoms with Crippen LogP contribution in [-0.2, 0) is 13.0 Å². The number of aryl methyl sites for hydroxylation is 2. The molecule has 0 fully saturated rings. The van der Waals surface area contributed by atoms with E-state index < -0.39 is 5.79 Å². The molecule has 6 nitrogen and oxygen atoms in total. The third-order valence-corrected chi connectivity index (χ3v) is 3.25. The average molecular weight is 287 g/mol. The van der Waals surface area contributed by atoms with Crippen molar-refractivity contribution in [1.29, 1.82) is 0 Å². The highest BCUT2D eigenvalue weighted by molar-refractivity contribution is 5.91. The summed E-state index contributed by atoms with van der Waals surface area (Å²) in [6.45, 7) is 5.90. The number of nitrogens with zero attached hydrogens (tertiary/aromatic N) is 3. The summed E-state index contributed by atoms with van der Waals surface area (Å²) in [4.78, 5) is 11.2. The third-order valence-electron chi connectivity index (χ3n) is 3.25. The van der Waals surface area contributed by atoms with E-state index in [0.29, 0.717) is 12.2 Å². The number of hydrogen-bond donors (Lipinski definition) is 0. The van der Waals surface area contributed by atoms with Gasteiger partial charge in [-0.05, 0) is 24.1 Å². The molecular formula is C15H17N3O3. The zero-order valence-electron chi connectivity index (χ0n) is 12.3. The van der Waals surface area contributed by atoms with Gasteiger partial charge in [0.1, 0.15) is 5.69 Å². The normalized spacial score (nSPS) is 15.2. The van der Waals surface area contributed by atoms with Crippen molar-refractivity contribution in [3.05, 3.63) is 35.7 Å². The molecule has 21 heavy (non-hydrogen) atoms. The maximum absolute atomic E-state index is 11.2. The Bertz CT molecular complexity index is 691. The van der Waals surface area contributed by atoms with Crippen LogP contribution in [0.15, 0.2) is 24.4 Å². The average Bonchev–Trinajstić information content (AvgIpc) is 2.98. The van der Waals surface area contributed by atoms with Gasteiger partial charge in [0, 0.05) is 27.3 Å². The number of Topliss-reactive ketones (excluding diaryl/α,β-unsaturated/α-hetero) is 1. The van der Waals surface area contributed by atoms with Crippen LogP contribution in [0, 0.1) is 0 Å². The number of hydrogen-bond acceptors (Lipinski definition) is 5. The summed E-state index contributed by atoms with van der Waals surface area (Å²) in [5, 5.41) is 7.76. The Morgan fingerprint density at radius 3 is 2.76 bits per heavy atom. The predicted octanol–water partition coefficient (Wildman–Crippen LogP) is 2.23. The van der Waals surface area contributed by atoms with Crippen molar-refractivity contribution >= 4 is 5.78 Å². The monoisotopic (exact) mass is 287 g/mol. The van der Waals surface area contributed by atoms with Crippen LogP contribution in [0.25, 0.3) is 0 Å². The van der Waals surface area contributed by atoms with Gasteiger partial charge in [-0.25, -0.2) is 0 Å². The molecule has 2 heterocycles. The first kappa shape index (κ1) is 13.6. The minimum Gasteiger partial charge on any atom is -0.449 e. The maximum atomic E-state index is 11.2. The second-order valence-electron chi connectivity index (χ2n) is 5.56. The standard InChI is InChI=1S/C15H17N3O3/c1-10(19)12-9-18(17-16-12)7-6-11-4-5-13-14(8-11)21-15(2,3)20-13/h4-5,8-9H,6-7H2,1-3H3. The fourth-order valence-electron chi connectivity index (χ4n) is 2.24. The summed E-state index contributed by atoms with van der Waals surface area (Å²) in [7, 11) is 0. The first-order valence-corrected chi connectivity index (χ1v) is 6.85. The maximum Gasteiger partial charge on any atom is 0.246 e. The fraction of sp³-hybridized carbons (Fsp3) is 0.400. The molecule has 0 saturated heterocycles. The van der Waals surface area contributed by atoms with Crippen molar-refractivity contribution in [1.82, 2.24) is 15.0 Å². The van der Waals surface area contributed by atoms with Crippen LogP contribution >= 0.6 is 0 Å². The van der Waals surface area contributed by atoms with Crippen molar-refractivity contribution in [2.45, 2.75) is 39.5 Å². The molecule has 0 amide bonds. The third kappa shape index (κ3) is 2.89. The lowest BCUT2D eigenvalue weighted by molar-refractivity contribution is -0.0431. The number of carbonyl (C=O) groups excluding carboxylic acids is 1. The van der Waals surface area contributed by atoms with Crippen molar-refractivity contribution in [3.8, 4) is 11.5 Å². The lowest BCUT2D eigenvalue weighted by atomic mass is 10.1. The number of fused-ring (bicyclic) bond motifs is 1. The lowest BCUT2D eigenvalue weighted by Crippen LogP contribution is -2.29. The number of benzene rings is 1. The molecule has 1 aliphatic rings. The molecule has 0 radical (unpaired) electrons. The summed E-state index contributed by atoms with van der Waals surface area (Å²) >= 11 is 0. The van der Waals surface area contributed by atoms with Crippen molar-refractivity contribution in [3.63, 3.8) is 0 Å². The van der Waals surface area contributed by atoms with Crippen molar-refractivity contribution in [2.75, 3.05) is 0 Å². The van der Waals surface area contributed by atoms with Crippen molar-refractivity contribution in [2.24, 2.45) is 0 Å². The second-order valence-corrected chi connectivity index (χ2v) is 5.56. The highest BCUT2D eigenvalue weighted by Crippen LogP contribution is 2.39. The van der Waals surface area contributed by atoms with Crippen LogP contribution in [0.4, 0.5) is 0 Å². The van der Waals surface area contributed by atoms with Gasteiger partial charge >= 0.3 is 0 Å². The molecule has 3 rings (SSSR count). The Labute approximate surface area is 122 Å². The Kier molecular flexibility index (Phi) is 3.16. The molecule has 0 spiro atoms. The topological polar surface area (TPSA) is 66.2 Å². The van der Waals surface area contributed by atoms with Gasteiger partial charge in [-0.15, -0.1) is 5.10 Å². The highest BCUT2D eigenvalue weighted by Gasteiger charge is 2.31. The zero-order valence-corrected chi connectivity index (χ0v) is 12.3. The number of carbonyl (C=O) groups is 1. The molecule has 0 aliphatic carbocycles. The SMILES string of the molecule is CC(=O)c1cn(CCc2ccc3c(c2)OC(C)(C)O3)nn1. The minimum absolute atomic E-state index is 0.0773. The van der Waals surface area contributed by atoms with E-state index in [0.717, 1.165) is 23.5 Å². The molecule has 0 saturated carbocycles. The van der Waals surface area contributed by atoms with Gasteiger partial charge in [-0.2, -0.15) is 0 Å². The van der Waals surface area contributed by atoms with E-state index in [1.807, 2.05) is 32.0 Å².